The lowest BCUT2D eigenvalue weighted by molar-refractivity contribution is 0.608. The molecule has 170 valence electrons. The van der Waals surface area contributed by atoms with Crippen molar-refractivity contribution in [1.82, 2.24) is 24.5 Å². The van der Waals surface area contributed by atoms with Gasteiger partial charge in [0, 0.05) is 6.20 Å². The van der Waals surface area contributed by atoms with E-state index in [9.17, 15) is 10.1 Å². The molecule has 1 unspecified atom stereocenters. The monoisotopic (exact) mass is 493 g/mol. The molecule has 1 atom stereocenters. The number of hydrogen-bond acceptors (Lipinski definition) is 9. The van der Waals surface area contributed by atoms with Gasteiger partial charge < -0.3 is 16.8 Å². The Morgan fingerprint density at radius 3 is 2.59 bits per heavy atom. The van der Waals surface area contributed by atoms with E-state index in [0.29, 0.717) is 16.5 Å². The number of nitrogen functional groups attached to an aromatic ring is 2. The predicted molar refractivity (Wildman–Crippen MR) is 130 cm³/mol. The summed E-state index contributed by atoms with van der Waals surface area (Å²) in [5, 5.41) is 13.6. The first kappa shape index (κ1) is 21.9. The fourth-order valence-corrected chi connectivity index (χ4v) is 4.29. The van der Waals surface area contributed by atoms with Gasteiger partial charge in [-0.1, -0.05) is 23.2 Å². The van der Waals surface area contributed by atoms with Gasteiger partial charge in [0.25, 0.3) is 5.56 Å². The molecular weight excluding hydrogens is 477 g/mol. The highest BCUT2D eigenvalue weighted by Crippen LogP contribution is 2.43. The van der Waals surface area contributed by atoms with Gasteiger partial charge in [-0.2, -0.15) is 15.2 Å². The Morgan fingerprint density at radius 1 is 1.15 bits per heavy atom. The Hall–Kier alpha value is -3.94. The van der Waals surface area contributed by atoms with Crippen LogP contribution in [0.4, 0.5) is 17.6 Å². The number of aromatic nitrogens is 5. The predicted octanol–water partition coefficient (Wildman–Crippen LogP) is 3.48. The SMILES string of the molecule is N#Cc1c(N)nc(N)nc1NC(c1nc2c(Cl)ccc(Cl)c2c(=O)n1-c1cccnc1)C1CC1. The van der Waals surface area contributed by atoms with E-state index in [1.165, 1.54) is 4.57 Å². The fraction of sp³-hybridized carbons (Fsp3) is 0.182. The minimum atomic E-state index is -0.520. The molecular formula is C22H17Cl2N9O. The molecule has 1 aromatic carbocycles. The van der Waals surface area contributed by atoms with Crippen LogP contribution >= 0.6 is 23.2 Å². The maximum atomic E-state index is 13.8. The molecule has 1 saturated carbocycles. The zero-order chi connectivity index (χ0) is 24.0. The van der Waals surface area contributed by atoms with Crippen molar-refractivity contribution in [1.29, 1.82) is 5.26 Å². The molecule has 5 N–H and O–H groups in total. The summed E-state index contributed by atoms with van der Waals surface area (Å²) < 4.78 is 1.45. The van der Waals surface area contributed by atoms with Crippen LogP contribution in [0.2, 0.25) is 10.0 Å². The lowest BCUT2D eigenvalue weighted by Gasteiger charge is -2.24. The van der Waals surface area contributed by atoms with E-state index in [4.69, 9.17) is 39.7 Å². The number of halogens is 2. The molecule has 12 heteroatoms. The van der Waals surface area contributed by atoms with E-state index in [1.54, 1.807) is 36.7 Å². The standard InChI is InChI=1S/C22H17Cl2N9O/c23-13-5-6-14(24)17-15(13)21(34)33(11-2-1-7-28-9-11)20(30-17)16(10-3-4-10)29-19-12(8-25)18(26)31-22(27)32-19/h1-2,5-7,9-10,16H,3-4H2,(H5,26,27,29,31,32). The number of benzene rings is 1. The second-order valence-corrected chi connectivity index (χ2v) is 8.65. The molecule has 0 spiro atoms. The second-order valence-electron chi connectivity index (χ2n) is 7.84. The molecule has 0 radical (unpaired) electrons. The molecule has 3 aromatic heterocycles. The van der Waals surface area contributed by atoms with Crippen molar-refractivity contribution in [2.24, 2.45) is 5.92 Å². The van der Waals surface area contributed by atoms with Crippen molar-refractivity contribution in [3.8, 4) is 11.8 Å². The molecule has 0 saturated heterocycles. The Kier molecular flexibility index (Phi) is 5.43. The zero-order valence-electron chi connectivity index (χ0n) is 17.5. The summed E-state index contributed by atoms with van der Waals surface area (Å²) in [7, 11) is 0. The molecule has 0 bridgehead atoms. The molecule has 10 nitrogen and oxygen atoms in total. The van der Waals surface area contributed by atoms with Crippen LogP contribution in [-0.2, 0) is 0 Å². The van der Waals surface area contributed by atoms with Gasteiger partial charge in [-0.25, -0.2) is 4.98 Å². The van der Waals surface area contributed by atoms with Crippen LogP contribution in [0.15, 0.2) is 41.5 Å². The quantitative estimate of drug-likeness (QED) is 0.377. The van der Waals surface area contributed by atoms with Crippen molar-refractivity contribution in [2.45, 2.75) is 18.9 Å². The van der Waals surface area contributed by atoms with Crippen LogP contribution in [0.3, 0.4) is 0 Å². The molecule has 1 aliphatic rings. The maximum Gasteiger partial charge on any atom is 0.267 e. The van der Waals surface area contributed by atoms with Crippen LogP contribution < -0.4 is 22.3 Å². The van der Waals surface area contributed by atoms with Gasteiger partial charge in [-0.15, -0.1) is 0 Å². The summed E-state index contributed by atoms with van der Waals surface area (Å²) in [6.07, 6.45) is 4.91. The molecule has 34 heavy (non-hydrogen) atoms. The largest absolute Gasteiger partial charge is 0.382 e. The Morgan fingerprint density at radius 2 is 1.91 bits per heavy atom. The van der Waals surface area contributed by atoms with Gasteiger partial charge >= 0.3 is 0 Å². The van der Waals surface area contributed by atoms with Crippen molar-refractivity contribution in [3.05, 3.63) is 68.4 Å². The van der Waals surface area contributed by atoms with E-state index in [2.05, 4.69) is 20.3 Å². The lowest BCUT2D eigenvalue weighted by atomic mass is 10.1. The van der Waals surface area contributed by atoms with Gasteiger partial charge in [0.2, 0.25) is 5.95 Å². The van der Waals surface area contributed by atoms with Gasteiger partial charge in [0.15, 0.2) is 5.82 Å². The zero-order valence-corrected chi connectivity index (χ0v) is 19.0. The van der Waals surface area contributed by atoms with Crippen LogP contribution in [0.5, 0.6) is 0 Å². The Bertz CT molecular complexity index is 1530. The molecule has 5 rings (SSSR count). The van der Waals surface area contributed by atoms with Crippen LogP contribution in [0.25, 0.3) is 16.6 Å². The van der Waals surface area contributed by atoms with E-state index in [0.717, 1.165) is 12.8 Å². The van der Waals surface area contributed by atoms with Crippen molar-refractivity contribution < 1.29 is 0 Å². The summed E-state index contributed by atoms with van der Waals surface area (Å²) in [4.78, 5) is 30.7. The number of anilines is 3. The summed E-state index contributed by atoms with van der Waals surface area (Å²) in [6, 6.07) is 8.10. The molecule has 0 amide bonds. The third-order valence-corrected chi connectivity index (χ3v) is 6.20. The van der Waals surface area contributed by atoms with Gasteiger partial charge in [-0.05, 0) is 43.0 Å². The van der Waals surface area contributed by atoms with Gasteiger partial charge in [0.1, 0.15) is 23.3 Å². The van der Waals surface area contributed by atoms with Crippen molar-refractivity contribution >= 4 is 51.7 Å². The first-order valence-electron chi connectivity index (χ1n) is 10.3. The third kappa shape index (κ3) is 3.75. The average Bonchev–Trinajstić information content (AvgIpc) is 3.65. The number of nitrogens with one attached hydrogen (secondary N) is 1. The van der Waals surface area contributed by atoms with Crippen molar-refractivity contribution in [2.75, 3.05) is 16.8 Å². The van der Waals surface area contributed by atoms with E-state index >= 15 is 0 Å². The molecule has 1 aliphatic carbocycles. The summed E-state index contributed by atoms with van der Waals surface area (Å²) in [5.41, 5.74) is 12.1. The average molecular weight is 494 g/mol. The number of pyridine rings is 1. The molecule has 1 fully saturated rings. The second kappa shape index (κ2) is 8.44. The lowest BCUT2D eigenvalue weighted by Crippen LogP contribution is -2.30. The van der Waals surface area contributed by atoms with Gasteiger partial charge in [0.05, 0.1) is 38.9 Å². The molecule has 3 heterocycles. The number of rotatable bonds is 5. The highest BCUT2D eigenvalue weighted by Gasteiger charge is 2.37. The Balaban J connectivity index is 1.79. The van der Waals surface area contributed by atoms with Crippen LogP contribution in [-0.4, -0.2) is 24.5 Å². The molecule has 0 aliphatic heterocycles. The Labute approximate surface area is 203 Å². The summed E-state index contributed by atoms with van der Waals surface area (Å²) in [5.74, 6) is 0.511. The van der Waals surface area contributed by atoms with Crippen molar-refractivity contribution in [3.63, 3.8) is 0 Å². The van der Waals surface area contributed by atoms with Gasteiger partial charge in [-0.3, -0.25) is 14.3 Å². The minimum absolute atomic E-state index is 0.0435. The van der Waals surface area contributed by atoms with E-state index in [1.807, 2.05) is 6.07 Å². The molecule has 4 aromatic rings. The highest BCUT2D eigenvalue weighted by molar-refractivity contribution is 6.39. The van der Waals surface area contributed by atoms with Crippen LogP contribution in [0.1, 0.15) is 30.3 Å². The summed E-state index contributed by atoms with van der Waals surface area (Å²) in [6.45, 7) is 0. The smallest absolute Gasteiger partial charge is 0.267 e. The first-order chi connectivity index (χ1) is 16.4. The summed E-state index contributed by atoms with van der Waals surface area (Å²) >= 11 is 12.8. The number of hydrogen-bond donors (Lipinski definition) is 3. The fourth-order valence-electron chi connectivity index (χ4n) is 3.86. The number of nitrogens with zero attached hydrogens (tertiary/aromatic N) is 6. The minimum Gasteiger partial charge on any atom is -0.382 e. The first-order valence-corrected chi connectivity index (χ1v) is 11.0. The van der Waals surface area contributed by atoms with Crippen LogP contribution in [0, 0.1) is 17.2 Å². The number of fused-ring (bicyclic) bond motifs is 1. The normalized spacial score (nSPS) is 14.0. The number of nitrogens with two attached hydrogens (primary N) is 2. The van der Waals surface area contributed by atoms with E-state index in [-0.39, 0.29) is 45.0 Å². The topological polar surface area (TPSA) is 161 Å². The third-order valence-electron chi connectivity index (χ3n) is 5.58. The highest BCUT2D eigenvalue weighted by atomic mass is 35.5. The number of nitriles is 1. The maximum absolute atomic E-state index is 13.8. The van der Waals surface area contributed by atoms with E-state index < -0.39 is 11.6 Å².